The minimum atomic E-state index is 0.871. The summed E-state index contributed by atoms with van der Waals surface area (Å²) in [5, 5.41) is 4.34. The van der Waals surface area contributed by atoms with Crippen molar-refractivity contribution in [2.45, 2.75) is 26.3 Å². The molecular formula is C12H16ClN. The second-order valence-corrected chi connectivity index (χ2v) is 4.51. The van der Waals surface area contributed by atoms with E-state index >= 15 is 0 Å². The van der Waals surface area contributed by atoms with Gasteiger partial charge in [-0.05, 0) is 49.4 Å². The average molecular weight is 210 g/mol. The van der Waals surface area contributed by atoms with Crippen LogP contribution in [0.4, 0.5) is 0 Å². The lowest BCUT2D eigenvalue weighted by Gasteiger charge is -2.08. The van der Waals surface area contributed by atoms with E-state index < -0.39 is 0 Å². The Morgan fingerprint density at radius 3 is 2.93 bits per heavy atom. The molecule has 0 bridgehead atoms. The van der Waals surface area contributed by atoms with Crippen LogP contribution in [0.3, 0.4) is 0 Å². The van der Waals surface area contributed by atoms with Crippen molar-refractivity contribution in [3.63, 3.8) is 0 Å². The molecule has 1 aromatic carbocycles. The first-order valence-electron chi connectivity index (χ1n) is 5.22. The lowest BCUT2D eigenvalue weighted by atomic mass is 10.1. The topological polar surface area (TPSA) is 12.0 Å². The fraction of sp³-hybridized carbons (Fsp3) is 0.500. The fourth-order valence-electron chi connectivity index (χ4n) is 1.58. The van der Waals surface area contributed by atoms with E-state index in [1.807, 2.05) is 12.1 Å². The molecule has 14 heavy (non-hydrogen) atoms. The van der Waals surface area contributed by atoms with Crippen LogP contribution in [0, 0.1) is 12.8 Å². The smallest absolute Gasteiger partial charge is 0.0438 e. The van der Waals surface area contributed by atoms with Crippen LogP contribution < -0.4 is 5.32 Å². The average Bonchev–Trinajstić information content (AvgIpc) is 2.96. The van der Waals surface area contributed by atoms with E-state index in [2.05, 4.69) is 18.3 Å². The maximum atomic E-state index is 6.04. The molecule has 0 saturated heterocycles. The molecular weight excluding hydrogens is 194 g/mol. The van der Waals surface area contributed by atoms with Crippen LogP contribution in [-0.2, 0) is 6.54 Å². The Bertz CT molecular complexity index is 318. The molecule has 0 radical (unpaired) electrons. The SMILES string of the molecule is Cc1c(Cl)cccc1CNCC1CC1. The van der Waals surface area contributed by atoms with Gasteiger partial charge >= 0.3 is 0 Å². The van der Waals surface area contributed by atoms with Gasteiger partial charge in [0, 0.05) is 11.6 Å². The summed E-state index contributed by atoms with van der Waals surface area (Å²) in [6, 6.07) is 6.10. The minimum Gasteiger partial charge on any atom is -0.312 e. The van der Waals surface area contributed by atoms with Crippen LogP contribution >= 0.6 is 11.6 Å². The number of hydrogen-bond donors (Lipinski definition) is 1. The summed E-state index contributed by atoms with van der Waals surface area (Å²) in [7, 11) is 0. The maximum Gasteiger partial charge on any atom is 0.0438 e. The number of benzene rings is 1. The fourth-order valence-corrected chi connectivity index (χ4v) is 1.77. The van der Waals surface area contributed by atoms with Crippen LogP contribution in [0.2, 0.25) is 5.02 Å². The van der Waals surface area contributed by atoms with Crippen molar-refractivity contribution in [3.8, 4) is 0 Å². The number of nitrogens with one attached hydrogen (secondary N) is 1. The second-order valence-electron chi connectivity index (χ2n) is 4.10. The van der Waals surface area contributed by atoms with E-state index in [9.17, 15) is 0 Å². The molecule has 0 spiro atoms. The van der Waals surface area contributed by atoms with E-state index in [1.165, 1.54) is 24.0 Å². The standard InChI is InChI=1S/C12H16ClN/c1-9-11(3-2-4-12(9)13)8-14-7-10-5-6-10/h2-4,10,14H,5-8H2,1H3. The second kappa shape index (κ2) is 4.33. The lowest BCUT2D eigenvalue weighted by Crippen LogP contribution is -2.16. The Balaban J connectivity index is 1.90. The molecule has 1 saturated carbocycles. The monoisotopic (exact) mass is 209 g/mol. The number of rotatable bonds is 4. The molecule has 0 amide bonds. The minimum absolute atomic E-state index is 0.871. The summed E-state index contributed by atoms with van der Waals surface area (Å²) in [6.45, 7) is 4.19. The van der Waals surface area contributed by atoms with E-state index in [-0.39, 0.29) is 0 Å². The molecule has 76 valence electrons. The van der Waals surface area contributed by atoms with Gasteiger partial charge in [0.1, 0.15) is 0 Å². The van der Waals surface area contributed by atoms with Crippen molar-refractivity contribution in [2.24, 2.45) is 5.92 Å². The highest BCUT2D eigenvalue weighted by Gasteiger charge is 2.20. The summed E-state index contributed by atoms with van der Waals surface area (Å²) in [5.74, 6) is 0.939. The largest absolute Gasteiger partial charge is 0.312 e. The molecule has 0 unspecified atom stereocenters. The molecule has 0 atom stereocenters. The Morgan fingerprint density at radius 1 is 1.43 bits per heavy atom. The zero-order valence-electron chi connectivity index (χ0n) is 8.52. The van der Waals surface area contributed by atoms with E-state index in [1.54, 1.807) is 0 Å². The third kappa shape index (κ3) is 2.49. The van der Waals surface area contributed by atoms with Gasteiger partial charge in [-0.1, -0.05) is 23.7 Å². The van der Waals surface area contributed by atoms with Crippen molar-refractivity contribution < 1.29 is 0 Å². The van der Waals surface area contributed by atoms with Gasteiger partial charge in [-0.3, -0.25) is 0 Å². The molecule has 0 aromatic heterocycles. The number of hydrogen-bond acceptors (Lipinski definition) is 1. The molecule has 1 N–H and O–H groups in total. The van der Waals surface area contributed by atoms with Crippen molar-refractivity contribution >= 4 is 11.6 Å². The third-order valence-electron chi connectivity index (χ3n) is 2.83. The van der Waals surface area contributed by atoms with E-state index in [0.29, 0.717) is 0 Å². The highest BCUT2D eigenvalue weighted by molar-refractivity contribution is 6.31. The molecule has 1 nitrogen and oxygen atoms in total. The van der Waals surface area contributed by atoms with Crippen molar-refractivity contribution in [1.29, 1.82) is 0 Å². The van der Waals surface area contributed by atoms with Crippen LogP contribution in [0.25, 0.3) is 0 Å². The van der Waals surface area contributed by atoms with Gasteiger partial charge in [-0.15, -0.1) is 0 Å². The van der Waals surface area contributed by atoms with E-state index in [0.717, 1.165) is 24.0 Å². The Kier molecular flexibility index (Phi) is 3.09. The summed E-state index contributed by atoms with van der Waals surface area (Å²) in [5.41, 5.74) is 2.52. The highest BCUT2D eigenvalue weighted by Crippen LogP contribution is 2.27. The molecule has 1 fully saturated rings. The van der Waals surface area contributed by atoms with Crippen molar-refractivity contribution in [2.75, 3.05) is 6.54 Å². The Morgan fingerprint density at radius 2 is 2.21 bits per heavy atom. The zero-order chi connectivity index (χ0) is 9.97. The molecule has 2 rings (SSSR count). The van der Waals surface area contributed by atoms with Crippen LogP contribution in [0.15, 0.2) is 18.2 Å². The summed E-state index contributed by atoms with van der Waals surface area (Å²) in [4.78, 5) is 0. The quantitative estimate of drug-likeness (QED) is 0.804. The summed E-state index contributed by atoms with van der Waals surface area (Å²) < 4.78 is 0. The predicted molar refractivity (Wildman–Crippen MR) is 60.6 cm³/mol. The van der Waals surface area contributed by atoms with Crippen LogP contribution in [-0.4, -0.2) is 6.54 Å². The van der Waals surface area contributed by atoms with Gasteiger partial charge < -0.3 is 5.32 Å². The molecule has 1 aliphatic rings. The first kappa shape index (κ1) is 10.0. The van der Waals surface area contributed by atoms with Gasteiger partial charge in [-0.25, -0.2) is 0 Å². The van der Waals surface area contributed by atoms with E-state index in [4.69, 9.17) is 11.6 Å². The first-order valence-corrected chi connectivity index (χ1v) is 5.60. The van der Waals surface area contributed by atoms with Gasteiger partial charge in [0.15, 0.2) is 0 Å². The third-order valence-corrected chi connectivity index (χ3v) is 3.23. The highest BCUT2D eigenvalue weighted by atomic mass is 35.5. The molecule has 0 aliphatic heterocycles. The van der Waals surface area contributed by atoms with Gasteiger partial charge in [0.25, 0.3) is 0 Å². The Labute approximate surface area is 90.5 Å². The molecule has 2 heteroatoms. The first-order chi connectivity index (χ1) is 6.77. The normalized spacial score (nSPS) is 15.9. The van der Waals surface area contributed by atoms with Crippen molar-refractivity contribution in [3.05, 3.63) is 34.3 Å². The summed E-state index contributed by atoms with van der Waals surface area (Å²) in [6.07, 6.45) is 2.81. The molecule has 0 heterocycles. The summed E-state index contributed by atoms with van der Waals surface area (Å²) >= 11 is 6.04. The zero-order valence-corrected chi connectivity index (χ0v) is 9.27. The predicted octanol–water partition coefficient (Wildman–Crippen LogP) is 3.15. The number of halogens is 1. The van der Waals surface area contributed by atoms with Gasteiger partial charge in [0.2, 0.25) is 0 Å². The van der Waals surface area contributed by atoms with Crippen molar-refractivity contribution in [1.82, 2.24) is 5.32 Å². The maximum absolute atomic E-state index is 6.04. The van der Waals surface area contributed by atoms with Gasteiger partial charge in [-0.2, -0.15) is 0 Å². The van der Waals surface area contributed by atoms with Crippen LogP contribution in [0.1, 0.15) is 24.0 Å². The molecule has 1 aromatic rings. The lowest BCUT2D eigenvalue weighted by molar-refractivity contribution is 0.637. The Hall–Kier alpha value is -0.530. The van der Waals surface area contributed by atoms with Crippen LogP contribution in [0.5, 0.6) is 0 Å². The van der Waals surface area contributed by atoms with Gasteiger partial charge in [0.05, 0.1) is 0 Å². The molecule has 1 aliphatic carbocycles.